The summed E-state index contributed by atoms with van der Waals surface area (Å²) in [4.78, 5) is 27.2. The minimum Gasteiger partial charge on any atom is -0.508 e. The monoisotopic (exact) mass is 388 g/mol. The molecule has 1 atom stereocenters. The lowest BCUT2D eigenvalue weighted by Crippen LogP contribution is -2.42. The van der Waals surface area contributed by atoms with E-state index in [1.165, 1.54) is 12.8 Å². The summed E-state index contributed by atoms with van der Waals surface area (Å²) in [6.45, 7) is 7.30. The normalized spacial score (nSPS) is 20.6. The molecule has 2 aliphatic rings. The summed E-state index contributed by atoms with van der Waals surface area (Å²) >= 11 is 0. The van der Waals surface area contributed by atoms with Crippen molar-refractivity contribution in [3.05, 3.63) is 29.3 Å². The zero-order chi connectivity index (χ0) is 20.1. The Morgan fingerprint density at radius 3 is 2.57 bits per heavy atom. The van der Waals surface area contributed by atoms with Crippen LogP contribution in [0, 0.1) is 5.41 Å². The number of benzene rings is 1. The van der Waals surface area contributed by atoms with Crippen molar-refractivity contribution in [3.63, 3.8) is 0 Å². The van der Waals surface area contributed by atoms with E-state index in [1.54, 1.807) is 25.1 Å². The van der Waals surface area contributed by atoms with Crippen molar-refractivity contribution in [1.82, 2.24) is 10.2 Å². The second-order valence-electron chi connectivity index (χ2n) is 8.59. The molecule has 1 amide bonds. The maximum absolute atomic E-state index is 12.8. The largest absolute Gasteiger partial charge is 0.508 e. The molecular weight excluding hydrogens is 356 g/mol. The number of nitrogens with one attached hydrogen (secondary N) is 1. The van der Waals surface area contributed by atoms with Crippen LogP contribution in [0.2, 0.25) is 0 Å². The van der Waals surface area contributed by atoms with Gasteiger partial charge in [0.05, 0.1) is 19.3 Å². The third-order valence-electron chi connectivity index (χ3n) is 6.14. The lowest BCUT2D eigenvalue weighted by molar-refractivity contribution is -0.119. The lowest BCUT2D eigenvalue weighted by atomic mass is 9.81. The van der Waals surface area contributed by atoms with Gasteiger partial charge < -0.3 is 15.2 Å². The molecule has 1 heterocycles. The van der Waals surface area contributed by atoms with Gasteiger partial charge in [-0.3, -0.25) is 14.5 Å². The fourth-order valence-electron chi connectivity index (χ4n) is 4.32. The summed E-state index contributed by atoms with van der Waals surface area (Å²) < 4.78 is 5.36. The molecule has 0 unspecified atom stereocenters. The quantitative estimate of drug-likeness (QED) is 0.751. The molecule has 2 fully saturated rings. The molecule has 1 aliphatic heterocycles. The molecule has 1 saturated carbocycles. The number of ketones is 1. The van der Waals surface area contributed by atoms with Crippen molar-refractivity contribution >= 4 is 11.7 Å². The summed E-state index contributed by atoms with van der Waals surface area (Å²) in [6.07, 6.45) is 5.29. The minimum absolute atomic E-state index is 0.00575. The van der Waals surface area contributed by atoms with Gasteiger partial charge in [-0.2, -0.15) is 0 Å². The van der Waals surface area contributed by atoms with E-state index in [2.05, 4.69) is 17.1 Å². The molecule has 1 saturated heterocycles. The SMILES string of the molecule is CC(=O)[C@H](CC1(C)CCCC1)NC(=O)c1ccc(O)c(CN2CCOCC2)c1. The molecule has 0 spiro atoms. The zero-order valence-corrected chi connectivity index (χ0v) is 17.0. The Morgan fingerprint density at radius 2 is 1.93 bits per heavy atom. The summed E-state index contributed by atoms with van der Waals surface area (Å²) in [7, 11) is 0. The van der Waals surface area contributed by atoms with Gasteiger partial charge in [0.15, 0.2) is 5.78 Å². The molecule has 0 aromatic heterocycles. The maximum Gasteiger partial charge on any atom is 0.251 e. The van der Waals surface area contributed by atoms with Crippen molar-refractivity contribution in [2.75, 3.05) is 26.3 Å². The van der Waals surface area contributed by atoms with E-state index >= 15 is 0 Å². The highest BCUT2D eigenvalue weighted by Crippen LogP contribution is 2.41. The number of phenols is 1. The van der Waals surface area contributed by atoms with Crippen molar-refractivity contribution in [2.24, 2.45) is 5.41 Å². The molecule has 0 bridgehead atoms. The van der Waals surface area contributed by atoms with E-state index in [4.69, 9.17) is 4.74 Å². The maximum atomic E-state index is 12.8. The first-order valence-electron chi connectivity index (χ1n) is 10.3. The van der Waals surface area contributed by atoms with Crippen LogP contribution in [0.3, 0.4) is 0 Å². The van der Waals surface area contributed by atoms with Gasteiger partial charge in [-0.25, -0.2) is 0 Å². The smallest absolute Gasteiger partial charge is 0.251 e. The van der Waals surface area contributed by atoms with Gasteiger partial charge in [-0.05, 0) is 49.8 Å². The van der Waals surface area contributed by atoms with Crippen LogP contribution in [0.15, 0.2) is 18.2 Å². The highest BCUT2D eigenvalue weighted by atomic mass is 16.5. The van der Waals surface area contributed by atoms with Gasteiger partial charge in [0.1, 0.15) is 5.75 Å². The first-order chi connectivity index (χ1) is 13.4. The molecule has 1 aliphatic carbocycles. The minimum atomic E-state index is -0.466. The highest BCUT2D eigenvalue weighted by molar-refractivity contribution is 5.97. The van der Waals surface area contributed by atoms with Crippen LogP contribution in [0.4, 0.5) is 0 Å². The van der Waals surface area contributed by atoms with Crippen molar-refractivity contribution in [3.8, 4) is 5.75 Å². The first-order valence-corrected chi connectivity index (χ1v) is 10.3. The third-order valence-corrected chi connectivity index (χ3v) is 6.14. The van der Waals surface area contributed by atoms with Crippen molar-refractivity contribution in [2.45, 2.75) is 58.5 Å². The van der Waals surface area contributed by atoms with Crippen LogP contribution < -0.4 is 5.32 Å². The molecule has 1 aromatic carbocycles. The Bertz CT molecular complexity index is 706. The summed E-state index contributed by atoms with van der Waals surface area (Å²) in [5.41, 5.74) is 1.32. The number of carbonyl (C=O) groups excluding carboxylic acids is 2. The number of carbonyl (C=O) groups is 2. The van der Waals surface area contributed by atoms with Gasteiger partial charge in [-0.1, -0.05) is 19.8 Å². The first kappa shape index (κ1) is 20.8. The van der Waals surface area contributed by atoms with Crippen LogP contribution in [-0.4, -0.2) is 54.0 Å². The molecule has 3 rings (SSSR count). The summed E-state index contributed by atoms with van der Waals surface area (Å²) in [6, 6.07) is 4.44. The number of amides is 1. The Labute approximate surface area is 167 Å². The Kier molecular flexibility index (Phi) is 6.73. The number of ether oxygens (including phenoxy) is 1. The average Bonchev–Trinajstić information content (AvgIpc) is 3.10. The molecule has 1 aromatic rings. The number of nitrogens with zero attached hydrogens (tertiary/aromatic N) is 1. The summed E-state index contributed by atoms with van der Waals surface area (Å²) in [5.74, 6) is -0.0801. The van der Waals surface area contributed by atoms with E-state index in [1.807, 2.05) is 0 Å². The Balaban J connectivity index is 1.68. The molecule has 154 valence electrons. The standard InChI is InChI=1S/C22H32N2O4/c1-16(25)19(14-22(2)7-3-4-8-22)23-21(27)17-5-6-20(26)18(13-17)15-24-9-11-28-12-10-24/h5-6,13,19,26H,3-4,7-12,14-15H2,1-2H3,(H,23,27)/t19-/m0/s1. The second kappa shape index (κ2) is 9.05. The fourth-order valence-corrected chi connectivity index (χ4v) is 4.32. The van der Waals surface area contributed by atoms with Gasteiger partial charge in [0, 0.05) is 30.8 Å². The number of hydrogen-bond donors (Lipinski definition) is 2. The molecular formula is C22H32N2O4. The van der Waals surface area contributed by atoms with E-state index < -0.39 is 6.04 Å². The van der Waals surface area contributed by atoms with Gasteiger partial charge in [-0.15, -0.1) is 0 Å². The lowest BCUT2D eigenvalue weighted by Gasteiger charge is -2.29. The topological polar surface area (TPSA) is 78.9 Å². The molecule has 6 heteroatoms. The van der Waals surface area contributed by atoms with Gasteiger partial charge >= 0.3 is 0 Å². The van der Waals surface area contributed by atoms with Crippen molar-refractivity contribution in [1.29, 1.82) is 0 Å². The van der Waals surface area contributed by atoms with Crippen molar-refractivity contribution < 1.29 is 19.4 Å². The predicted octanol–water partition coefficient (Wildman–Crippen LogP) is 2.88. The van der Waals surface area contributed by atoms with Crippen LogP contribution in [0.25, 0.3) is 0 Å². The molecule has 2 N–H and O–H groups in total. The highest BCUT2D eigenvalue weighted by Gasteiger charge is 2.33. The van der Waals surface area contributed by atoms with E-state index in [0.29, 0.717) is 31.7 Å². The van der Waals surface area contributed by atoms with Crippen LogP contribution in [0.5, 0.6) is 5.75 Å². The second-order valence-corrected chi connectivity index (χ2v) is 8.59. The molecule has 0 radical (unpaired) electrons. The number of phenolic OH excluding ortho intramolecular Hbond substituents is 1. The Morgan fingerprint density at radius 1 is 1.25 bits per heavy atom. The molecule has 28 heavy (non-hydrogen) atoms. The van der Waals surface area contributed by atoms with Crippen LogP contribution in [-0.2, 0) is 16.1 Å². The third kappa shape index (κ3) is 5.32. The van der Waals surface area contributed by atoms with Gasteiger partial charge in [0.2, 0.25) is 0 Å². The van der Waals surface area contributed by atoms with Gasteiger partial charge in [0.25, 0.3) is 5.91 Å². The number of hydrogen-bond acceptors (Lipinski definition) is 5. The van der Waals surface area contributed by atoms with E-state index in [9.17, 15) is 14.7 Å². The average molecular weight is 389 g/mol. The van der Waals surface area contributed by atoms with Crippen LogP contribution >= 0.6 is 0 Å². The number of rotatable bonds is 7. The predicted molar refractivity (Wildman–Crippen MR) is 107 cm³/mol. The Hall–Kier alpha value is -1.92. The number of morpholine rings is 1. The number of Topliss-reactive ketones (excluding diaryl/α,β-unsaturated/α-hetero) is 1. The summed E-state index contributed by atoms with van der Waals surface area (Å²) in [5, 5.41) is 13.1. The van der Waals surface area contributed by atoms with E-state index in [-0.39, 0.29) is 22.9 Å². The number of aromatic hydroxyl groups is 1. The fraction of sp³-hybridized carbons (Fsp3) is 0.636. The molecule has 6 nitrogen and oxygen atoms in total. The van der Waals surface area contributed by atoms with E-state index in [0.717, 1.165) is 31.5 Å². The van der Waals surface area contributed by atoms with Crippen LogP contribution in [0.1, 0.15) is 61.9 Å². The zero-order valence-electron chi connectivity index (χ0n) is 17.0.